The van der Waals surface area contributed by atoms with Crippen LogP contribution in [0.2, 0.25) is 0 Å². The average Bonchev–Trinajstić information content (AvgIpc) is 3.03. The van der Waals surface area contributed by atoms with Gasteiger partial charge in [0.2, 0.25) is 0 Å². The Bertz CT molecular complexity index is 909. The van der Waals surface area contributed by atoms with Gasteiger partial charge < -0.3 is 4.74 Å². The molecular weight excluding hydrogens is 276 g/mol. The van der Waals surface area contributed by atoms with Crippen LogP contribution in [0.15, 0.2) is 48.5 Å². The molecule has 1 aliphatic rings. The van der Waals surface area contributed by atoms with Gasteiger partial charge in [0.25, 0.3) is 0 Å². The highest BCUT2D eigenvalue weighted by Crippen LogP contribution is 2.41. The SMILES string of the molecule is COc1cccc(-c2c3c(nn2C)-c2ccccc2C3=O)c1. The first kappa shape index (κ1) is 12.8. The third-order valence-corrected chi connectivity index (χ3v) is 4.04. The van der Waals surface area contributed by atoms with E-state index in [9.17, 15) is 4.79 Å². The zero-order chi connectivity index (χ0) is 15.3. The number of hydrogen-bond acceptors (Lipinski definition) is 3. The lowest BCUT2D eigenvalue weighted by Gasteiger charge is -2.07. The largest absolute Gasteiger partial charge is 0.497 e. The number of rotatable bonds is 2. The molecule has 0 saturated carbocycles. The first-order chi connectivity index (χ1) is 10.7. The smallest absolute Gasteiger partial charge is 0.198 e. The number of aryl methyl sites for hydroxylation is 1. The summed E-state index contributed by atoms with van der Waals surface area (Å²) in [6.07, 6.45) is 0. The van der Waals surface area contributed by atoms with E-state index in [4.69, 9.17) is 4.74 Å². The van der Waals surface area contributed by atoms with E-state index in [0.29, 0.717) is 5.56 Å². The summed E-state index contributed by atoms with van der Waals surface area (Å²) in [4.78, 5) is 12.8. The zero-order valence-electron chi connectivity index (χ0n) is 12.3. The van der Waals surface area contributed by atoms with Crippen LogP contribution in [0.1, 0.15) is 15.9 Å². The summed E-state index contributed by atoms with van der Waals surface area (Å²) in [7, 11) is 3.50. The normalized spacial score (nSPS) is 12.2. The summed E-state index contributed by atoms with van der Waals surface area (Å²) in [5, 5.41) is 4.57. The molecule has 0 unspecified atom stereocenters. The standard InChI is InChI=1S/C18H14N2O2/c1-20-17(11-6-5-7-12(10-11)22-2)15-16(19-20)13-8-3-4-9-14(13)18(15)21/h3-10H,1-2H3. The maximum absolute atomic E-state index is 12.8. The van der Waals surface area contributed by atoms with E-state index in [1.54, 1.807) is 11.8 Å². The van der Waals surface area contributed by atoms with Gasteiger partial charge in [0, 0.05) is 23.7 Å². The Hall–Kier alpha value is -2.88. The predicted molar refractivity (Wildman–Crippen MR) is 84.1 cm³/mol. The predicted octanol–water partition coefficient (Wildman–Crippen LogP) is 3.31. The molecule has 1 aliphatic carbocycles. The van der Waals surface area contributed by atoms with Crippen molar-refractivity contribution in [3.8, 4) is 28.3 Å². The molecule has 0 radical (unpaired) electrons. The second-order valence-corrected chi connectivity index (χ2v) is 5.30. The monoisotopic (exact) mass is 290 g/mol. The maximum atomic E-state index is 12.8. The van der Waals surface area contributed by atoms with E-state index >= 15 is 0 Å². The molecular formula is C18H14N2O2. The van der Waals surface area contributed by atoms with E-state index < -0.39 is 0 Å². The van der Waals surface area contributed by atoms with E-state index in [-0.39, 0.29) is 5.78 Å². The van der Waals surface area contributed by atoms with Gasteiger partial charge in [-0.3, -0.25) is 9.48 Å². The van der Waals surface area contributed by atoms with Crippen molar-refractivity contribution in [2.45, 2.75) is 0 Å². The zero-order valence-corrected chi connectivity index (χ0v) is 12.3. The Morgan fingerprint density at radius 2 is 1.82 bits per heavy atom. The van der Waals surface area contributed by atoms with Crippen molar-refractivity contribution in [2.24, 2.45) is 7.05 Å². The number of aromatic nitrogens is 2. The molecule has 0 fully saturated rings. The van der Waals surface area contributed by atoms with Gasteiger partial charge in [-0.2, -0.15) is 5.10 Å². The fourth-order valence-electron chi connectivity index (χ4n) is 3.05. The number of ketones is 1. The maximum Gasteiger partial charge on any atom is 0.198 e. The number of fused-ring (bicyclic) bond motifs is 3. The van der Waals surface area contributed by atoms with Gasteiger partial charge >= 0.3 is 0 Å². The number of benzene rings is 2. The molecule has 0 atom stereocenters. The number of carbonyl (C=O) groups excluding carboxylic acids is 1. The van der Waals surface area contributed by atoms with E-state index in [2.05, 4.69) is 5.10 Å². The molecule has 0 saturated heterocycles. The van der Waals surface area contributed by atoms with Crippen molar-refractivity contribution >= 4 is 5.78 Å². The molecule has 2 aromatic carbocycles. The second-order valence-electron chi connectivity index (χ2n) is 5.30. The van der Waals surface area contributed by atoms with Crippen LogP contribution < -0.4 is 4.74 Å². The van der Waals surface area contributed by atoms with Gasteiger partial charge in [-0.1, -0.05) is 36.4 Å². The Kier molecular flexibility index (Phi) is 2.66. The lowest BCUT2D eigenvalue weighted by atomic mass is 10.0. The molecule has 4 heteroatoms. The molecule has 0 aliphatic heterocycles. The van der Waals surface area contributed by atoms with Crippen LogP contribution in [-0.4, -0.2) is 22.7 Å². The number of carbonyl (C=O) groups is 1. The van der Waals surface area contributed by atoms with Gasteiger partial charge in [0.05, 0.1) is 18.4 Å². The third-order valence-electron chi connectivity index (χ3n) is 4.04. The highest BCUT2D eigenvalue weighted by molar-refractivity contribution is 6.23. The molecule has 1 heterocycles. The molecule has 108 valence electrons. The molecule has 1 aromatic heterocycles. The first-order valence-electron chi connectivity index (χ1n) is 7.06. The van der Waals surface area contributed by atoms with Crippen molar-refractivity contribution in [1.29, 1.82) is 0 Å². The number of nitrogens with zero attached hydrogens (tertiary/aromatic N) is 2. The van der Waals surface area contributed by atoms with Crippen molar-refractivity contribution in [3.63, 3.8) is 0 Å². The average molecular weight is 290 g/mol. The number of ether oxygens (including phenoxy) is 1. The van der Waals surface area contributed by atoms with Gasteiger partial charge in [-0.25, -0.2) is 0 Å². The summed E-state index contributed by atoms with van der Waals surface area (Å²) in [5.41, 5.74) is 4.83. The summed E-state index contributed by atoms with van der Waals surface area (Å²) in [6.45, 7) is 0. The molecule has 22 heavy (non-hydrogen) atoms. The van der Waals surface area contributed by atoms with E-state index in [1.807, 2.05) is 55.6 Å². The molecule has 4 nitrogen and oxygen atoms in total. The van der Waals surface area contributed by atoms with Crippen LogP contribution in [0.25, 0.3) is 22.5 Å². The van der Waals surface area contributed by atoms with Crippen molar-refractivity contribution in [1.82, 2.24) is 9.78 Å². The molecule has 3 aromatic rings. The van der Waals surface area contributed by atoms with Crippen LogP contribution in [0.3, 0.4) is 0 Å². The summed E-state index contributed by atoms with van der Waals surface area (Å²) in [5.74, 6) is 0.798. The fraction of sp³-hybridized carbons (Fsp3) is 0.111. The third kappa shape index (κ3) is 1.64. The minimum Gasteiger partial charge on any atom is -0.497 e. The highest BCUT2D eigenvalue weighted by Gasteiger charge is 2.33. The number of methoxy groups -OCH3 is 1. The Morgan fingerprint density at radius 3 is 2.59 bits per heavy atom. The van der Waals surface area contributed by atoms with Gasteiger partial charge in [0.1, 0.15) is 11.4 Å². The Morgan fingerprint density at radius 1 is 1.05 bits per heavy atom. The molecule has 0 N–H and O–H groups in total. The van der Waals surface area contributed by atoms with Crippen molar-refractivity contribution < 1.29 is 9.53 Å². The van der Waals surface area contributed by atoms with Gasteiger partial charge in [-0.05, 0) is 12.1 Å². The first-order valence-corrected chi connectivity index (χ1v) is 7.06. The van der Waals surface area contributed by atoms with Gasteiger partial charge in [-0.15, -0.1) is 0 Å². The summed E-state index contributed by atoms with van der Waals surface area (Å²) in [6, 6.07) is 15.3. The van der Waals surface area contributed by atoms with Crippen LogP contribution in [0, 0.1) is 0 Å². The minimum absolute atomic E-state index is 0.0384. The van der Waals surface area contributed by atoms with E-state index in [0.717, 1.165) is 33.8 Å². The Balaban J connectivity index is 1.98. The highest BCUT2D eigenvalue weighted by atomic mass is 16.5. The topological polar surface area (TPSA) is 44.1 Å². The summed E-state index contributed by atoms with van der Waals surface area (Å²) < 4.78 is 7.06. The quantitative estimate of drug-likeness (QED) is 0.569. The second kappa shape index (κ2) is 4.56. The molecule has 0 amide bonds. The molecule has 0 bridgehead atoms. The van der Waals surface area contributed by atoms with Crippen LogP contribution in [0.5, 0.6) is 5.75 Å². The minimum atomic E-state index is 0.0384. The lowest BCUT2D eigenvalue weighted by molar-refractivity contribution is 0.104. The molecule has 0 spiro atoms. The lowest BCUT2D eigenvalue weighted by Crippen LogP contribution is -2.02. The fourth-order valence-corrected chi connectivity index (χ4v) is 3.05. The van der Waals surface area contributed by atoms with Crippen LogP contribution in [-0.2, 0) is 7.05 Å². The number of hydrogen-bond donors (Lipinski definition) is 0. The van der Waals surface area contributed by atoms with Crippen LogP contribution in [0.4, 0.5) is 0 Å². The van der Waals surface area contributed by atoms with E-state index in [1.165, 1.54) is 0 Å². The summed E-state index contributed by atoms with van der Waals surface area (Å²) >= 11 is 0. The Labute approximate surface area is 128 Å². The van der Waals surface area contributed by atoms with Crippen molar-refractivity contribution in [3.05, 3.63) is 59.7 Å². The molecule has 4 rings (SSSR count). The van der Waals surface area contributed by atoms with Crippen molar-refractivity contribution in [2.75, 3.05) is 7.11 Å². The van der Waals surface area contributed by atoms with Gasteiger partial charge in [0.15, 0.2) is 5.78 Å². The van der Waals surface area contributed by atoms with Crippen LogP contribution >= 0.6 is 0 Å².